The molecular formula is C38H66N2+2. The van der Waals surface area contributed by atoms with E-state index in [1.54, 1.807) is 10.5 Å². The van der Waals surface area contributed by atoms with Gasteiger partial charge in [-0.15, -0.1) is 0 Å². The lowest BCUT2D eigenvalue weighted by molar-refractivity contribution is -0.841. The number of nitrogens with zero attached hydrogens (tertiary/aromatic N) is 1. The Morgan fingerprint density at radius 1 is 0.525 bits per heavy atom. The highest BCUT2D eigenvalue weighted by Gasteiger charge is 2.10. The second kappa shape index (κ2) is 23.2. The molecular weight excluding hydrogens is 484 g/mol. The van der Waals surface area contributed by atoms with Crippen LogP contribution in [-0.2, 0) is 13.0 Å². The summed E-state index contributed by atoms with van der Waals surface area (Å²) in [6.07, 6.45) is 48.9. The van der Waals surface area contributed by atoms with Gasteiger partial charge in [0.1, 0.15) is 13.1 Å². The van der Waals surface area contributed by atoms with Crippen LogP contribution < -0.4 is 9.47 Å². The molecule has 0 aromatic carbocycles. The van der Waals surface area contributed by atoms with Crippen molar-refractivity contribution in [1.82, 2.24) is 0 Å². The second-order valence-corrected chi connectivity index (χ2v) is 13.2. The summed E-state index contributed by atoms with van der Waals surface area (Å²) in [6.45, 7) is 3.73. The summed E-state index contributed by atoms with van der Waals surface area (Å²) >= 11 is 0. The van der Waals surface area contributed by atoms with Crippen molar-refractivity contribution in [3.05, 3.63) is 54.0 Å². The van der Waals surface area contributed by atoms with Crippen LogP contribution in [0.3, 0.4) is 0 Å². The van der Waals surface area contributed by atoms with Crippen LogP contribution in [0.5, 0.6) is 0 Å². The lowest BCUT2D eigenvalue weighted by Gasteiger charge is -2.18. The molecule has 0 aliphatic carbocycles. The number of aromatic nitrogens is 1. The summed E-state index contributed by atoms with van der Waals surface area (Å²) < 4.78 is 2.44. The third-order valence-corrected chi connectivity index (χ3v) is 9.37. The van der Waals surface area contributed by atoms with Gasteiger partial charge in [-0.1, -0.05) is 122 Å². The first kappa shape index (κ1) is 33.1. The summed E-state index contributed by atoms with van der Waals surface area (Å²) in [7, 11) is 0. The summed E-state index contributed by atoms with van der Waals surface area (Å²) in [6, 6.07) is 4.60. The first-order valence-electron chi connectivity index (χ1n) is 18.1. The van der Waals surface area contributed by atoms with Gasteiger partial charge in [0.05, 0.1) is 12.7 Å². The van der Waals surface area contributed by atoms with Crippen LogP contribution in [0.25, 0.3) is 0 Å². The molecule has 0 fully saturated rings. The van der Waals surface area contributed by atoms with Crippen LogP contribution in [-0.4, -0.2) is 13.1 Å². The van der Waals surface area contributed by atoms with Crippen molar-refractivity contribution >= 4 is 0 Å². The zero-order chi connectivity index (χ0) is 27.8. The number of fused-ring (bicyclic) bond motifs is 3. The highest BCUT2D eigenvalue weighted by molar-refractivity contribution is 5.18. The van der Waals surface area contributed by atoms with Gasteiger partial charge in [-0.2, -0.15) is 0 Å². The fourth-order valence-electron chi connectivity index (χ4n) is 6.76. The van der Waals surface area contributed by atoms with Gasteiger partial charge in [0, 0.05) is 23.6 Å². The fourth-order valence-corrected chi connectivity index (χ4v) is 6.76. The molecule has 4 bridgehead atoms. The molecule has 2 heteroatoms. The molecule has 1 unspecified atom stereocenters. The molecule has 1 aromatic heterocycles. The molecule has 1 atom stereocenters. The Morgan fingerprint density at radius 2 is 1.02 bits per heavy atom. The van der Waals surface area contributed by atoms with E-state index in [-0.39, 0.29) is 0 Å². The third kappa shape index (κ3) is 16.8. The maximum atomic E-state index is 2.56. The number of aryl methyl sites for hydroxylation is 2. The van der Waals surface area contributed by atoms with Crippen molar-refractivity contribution < 1.29 is 9.47 Å². The number of allylic oxidation sites excluding steroid dienone is 2. The van der Waals surface area contributed by atoms with Crippen LogP contribution in [0.2, 0.25) is 0 Å². The summed E-state index contributed by atoms with van der Waals surface area (Å²) in [5.41, 5.74) is 3.14. The molecule has 1 N–H and O–H groups in total. The monoisotopic (exact) mass is 551 g/mol. The highest BCUT2D eigenvalue weighted by atomic mass is 15.1. The van der Waals surface area contributed by atoms with Gasteiger partial charge in [0.15, 0.2) is 12.4 Å². The van der Waals surface area contributed by atoms with E-state index < -0.39 is 0 Å². The standard InChI is InChI=1S/C38H65N2/c1-3-7-11-15-19-23-31-39-33-26-30-38(36-39)28-22-18-14-10-6-2-4-8-12-16-20-24-32-40-34-25-29-37(35-40)27-21-17-13-9-5-1/h25-26,29-30,33,35-36H,1-24,27-28,31-32,34H2/q+1/p+1. The Balaban J connectivity index is 1.31. The molecule has 3 heterocycles. The van der Waals surface area contributed by atoms with Crippen molar-refractivity contribution in [2.75, 3.05) is 13.1 Å². The number of hydrogen-bond acceptors (Lipinski definition) is 0. The summed E-state index contributed by atoms with van der Waals surface area (Å²) in [4.78, 5) is 1.70. The van der Waals surface area contributed by atoms with Crippen LogP contribution in [0.15, 0.2) is 48.5 Å². The van der Waals surface area contributed by atoms with Crippen molar-refractivity contribution in [2.45, 2.75) is 173 Å². The molecule has 2 aliphatic heterocycles. The smallest absolute Gasteiger partial charge is 0.171 e. The molecule has 0 amide bonds. The maximum absolute atomic E-state index is 2.56. The van der Waals surface area contributed by atoms with Crippen molar-refractivity contribution in [2.24, 2.45) is 0 Å². The molecule has 3 rings (SSSR count). The molecule has 226 valence electrons. The van der Waals surface area contributed by atoms with E-state index in [0.29, 0.717) is 0 Å². The average molecular weight is 551 g/mol. The van der Waals surface area contributed by atoms with Gasteiger partial charge in [-0.05, 0) is 57.1 Å². The average Bonchev–Trinajstić information content (AvgIpc) is 2.97. The van der Waals surface area contributed by atoms with Crippen molar-refractivity contribution in [3.63, 3.8) is 0 Å². The second-order valence-electron chi connectivity index (χ2n) is 13.2. The number of pyridine rings is 1. The quantitative estimate of drug-likeness (QED) is 0.308. The first-order chi connectivity index (χ1) is 19.9. The Morgan fingerprint density at radius 3 is 1.62 bits per heavy atom. The number of nitrogens with one attached hydrogen (secondary N) is 1. The molecule has 0 spiro atoms. The van der Waals surface area contributed by atoms with Gasteiger partial charge < -0.3 is 4.90 Å². The Kier molecular flexibility index (Phi) is 19.2. The van der Waals surface area contributed by atoms with Crippen LogP contribution in [0.1, 0.15) is 166 Å². The molecule has 1 aromatic rings. The van der Waals surface area contributed by atoms with Gasteiger partial charge in [-0.25, -0.2) is 4.57 Å². The number of hydrogen-bond donors (Lipinski definition) is 1. The first-order valence-corrected chi connectivity index (χ1v) is 18.1. The Labute approximate surface area is 249 Å². The molecule has 0 radical (unpaired) electrons. The normalized spacial score (nSPS) is 23.9. The zero-order valence-electron chi connectivity index (χ0n) is 26.5. The van der Waals surface area contributed by atoms with E-state index in [2.05, 4.69) is 47.4 Å². The lowest BCUT2D eigenvalue weighted by Crippen LogP contribution is -3.07. The van der Waals surface area contributed by atoms with Gasteiger partial charge in [-0.3, -0.25) is 0 Å². The van der Waals surface area contributed by atoms with Crippen molar-refractivity contribution in [3.8, 4) is 0 Å². The minimum absolute atomic E-state index is 1.20. The van der Waals surface area contributed by atoms with E-state index in [1.165, 1.54) is 192 Å². The minimum Gasteiger partial charge on any atom is -0.305 e. The largest absolute Gasteiger partial charge is 0.305 e. The SMILES string of the molecule is C1=CC2=C[NH+](C1)CCCCCCCCCCCCCCc1ccc[n+](c1)CCCCCCCCCCCCCC2. The van der Waals surface area contributed by atoms with Crippen molar-refractivity contribution in [1.29, 1.82) is 0 Å². The van der Waals surface area contributed by atoms with Crippen LogP contribution in [0, 0.1) is 0 Å². The lowest BCUT2D eigenvalue weighted by atomic mass is 10.0. The topological polar surface area (TPSA) is 8.32 Å². The highest BCUT2D eigenvalue weighted by Crippen LogP contribution is 2.16. The third-order valence-electron chi connectivity index (χ3n) is 9.37. The maximum Gasteiger partial charge on any atom is 0.171 e. The molecule has 0 saturated carbocycles. The van der Waals surface area contributed by atoms with E-state index in [9.17, 15) is 0 Å². The molecule has 2 aliphatic rings. The van der Waals surface area contributed by atoms with E-state index >= 15 is 0 Å². The minimum atomic E-state index is 1.20. The van der Waals surface area contributed by atoms with Gasteiger partial charge in [0.2, 0.25) is 0 Å². The Hall–Kier alpha value is -1.41. The molecule has 40 heavy (non-hydrogen) atoms. The molecule has 0 saturated heterocycles. The fraction of sp³-hybridized carbons (Fsp3) is 0.763. The van der Waals surface area contributed by atoms with Gasteiger partial charge >= 0.3 is 0 Å². The number of quaternary nitrogens is 1. The summed E-state index contributed by atoms with van der Waals surface area (Å²) in [5.74, 6) is 0. The van der Waals surface area contributed by atoms with E-state index in [0.717, 1.165) is 0 Å². The number of rotatable bonds is 0. The molecule has 2 nitrogen and oxygen atoms in total. The van der Waals surface area contributed by atoms with Crippen LogP contribution in [0.4, 0.5) is 0 Å². The predicted molar refractivity (Wildman–Crippen MR) is 174 cm³/mol. The zero-order valence-corrected chi connectivity index (χ0v) is 26.5. The summed E-state index contributed by atoms with van der Waals surface area (Å²) in [5, 5.41) is 0. The van der Waals surface area contributed by atoms with Crippen LogP contribution >= 0.6 is 0 Å². The van der Waals surface area contributed by atoms with E-state index in [1.807, 2.05) is 0 Å². The predicted octanol–water partition coefficient (Wildman–Crippen LogP) is 9.62. The van der Waals surface area contributed by atoms with Gasteiger partial charge in [0.25, 0.3) is 0 Å². The Bertz CT molecular complexity index is 794. The van der Waals surface area contributed by atoms with E-state index in [4.69, 9.17) is 0 Å².